The fourth-order valence-electron chi connectivity index (χ4n) is 2.01. The molecule has 2 rings (SSSR count). The van der Waals surface area contributed by atoms with Gasteiger partial charge in [0, 0.05) is 23.1 Å². The summed E-state index contributed by atoms with van der Waals surface area (Å²) in [5.74, 6) is 1.00. The average molecular weight is 342 g/mol. The van der Waals surface area contributed by atoms with Crippen molar-refractivity contribution in [3.05, 3.63) is 34.3 Å². The molecule has 0 unspecified atom stereocenters. The van der Waals surface area contributed by atoms with Gasteiger partial charge in [-0.3, -0.25) is 9.59 Å². The number of benzene rings is 1. The van der Waals surface area contributed by atoms with E-state index in [9.17, 15) is 9.59 Å². The standard InChI is InChI=1S/C14H16BrNO2S/c15-12-5-3-11(4-6-12)13(17)9-19-10-14(18)16-7-1-2-8-16/h3-6H,1-2,7-10H2. The number of hydrogen-bond donors (Lipinski definition) is 0. The van der Waals surface area contributed by atoms with Gasteiger partial charge in [-0.2, -0.15) is 0 Å². The van der Waals surface area contributed by atoms with Gasteiger partial charge in [0.05, 0.1) is 11.5 Å². The number of carbonyl (C=O) groups excluding carboxylic acids is 2. The van der Waals surface area contributed by atoms with E-state index in [2.05, 4.69) is 15.9 Å². The minimum absolute atomic E-state index is 0.0757. The van der Waals surface area contributed by atoms with Crippen molar-refractivity contribution in [1.82, 2.24) is 4.90 Å². The third kappa shape index (κ3) is 4.35. The minimum Gasteiger partial charge on any atom is -0.342 e. The summed E-state index contributed by atoms with van der Waals surface area (Å²) in [6.45, 7) is 1.75. The molecule has 1 aromatic carbocycles. The zero-order valence-electron chi connectivity index (χ0n) is 10.6. The molecule has 1 amide bonds. The SMILES string of the molecule is O=C(CSCC(=O)N1CCCC1)c1ccc(Br)cc1. The number of nitrogens with zero attached hydrogens (tertiary/aromatic N) is 1. The van der Waals surface area contributed by atoms with Crippen molar-refractivity contribution in [2.75, 3.05) is 24.6 Å². The number of carbonyl (C=O) groups is 2. The third-order valence-corrected chi connectivity index (χ3v) is 4.53. The van der Waals surface area contributed by atoms with E-state index in [1.165, 1.54) is 11.8 Å². The van der Waals surface area contributed by atoms with Gasteiger partial charge < -0.3 is 4.90 Å². The molecule has 0 saturated carbocycles. The van der Waals surface area contributed by atoms with E-state index in [1.807, 2.05) is 17.0 Å². The number of amides is 1. The summed E-state index contributed by atoms with van der Waals surface area (Å²) in [5, 5.41) is 0. The summed E-state index contributed by atoms with van der Waals surface area (Å²) in [6, 6.07) is 7.31. The van der Waals surface area contributed by atoms with Gasteiger partial charge in [-0.25, -0.2) is 0 Å². The molecule has 0 aliphatic carbocycles. The molecule has 5 heteroatoms. The molecule has 0 aromatic heterocycles. The summed E-state index contributed by atoms with van der Waals surface area (Å²) in [6.07, 6.45) is 2.21. The second kappa shape index (κ2) is 7.10. The number of ketones is 1. The third-order valence-electron chi connectivity index (χ3n) is 3.08. The number of hydrogen-bond acceptors (Lipinski definition) is 3. The van der Waals surface area contributed by atoms with Crippen molar-refractivity contribution in [1.29, 1.82) is 0 Å². The van der Waals surface area contributed by atoms with Gasteiger partial charge in [0.2, 0.25) is 5.91 Å². The fourth-order valence-corrected chi connectivity index (χ4v) is 3.08. The number of likely N-dealkylation sites (tertiary alicyclic amines) is 1. The maximum Gasteiger partial charge on any atom is 0.232 e. The number of halogens is 1. The van der Waals surface area contributed by atoms with E-state index in [0.29, 0.717) is 17.1 Å². The molecule has 19 heavy (non-hydrogen) atoms. The zero-order valence-corrected chi connectivity index (χ0v) is 13.0. The molecular formula is C14H16BrNO2S. The molecule has 0 bridgehead atoms. The van der Waals surface area contributed by atoms with Crippen molar-refractivity contribution < 1.29 is 9.59 Å². The molecular weight excluding hydrogens is 326 g/mol. The van der Waals surface area contributed by atoms with E-state index in [1.54, 1.807) is 12.1 Å². The van der Waals surface area contributed by atoms with E-state index in [4.69, 9.17) is 0 Å². The van der Waals surface area contributed by atoms with Gasteiger partial charge in [0.1, 0.15) is 0 Å². The van der Waals surface area contributed by atoms with Crippen molar-refractivity contribution in [2.45, 2.75) is 12.8 Å². The van der Waals surface area contributed by atoms with E-state index >= 15 is 0 Å². The quantitative estimate of drug-likeness (QED) is 0.772. The van der Waals surface area contributed by atoms with Crippen molar-refractivity contribution in [3.8, 4) is 0 Å². The Bertz CT molecular complexity index is 455. The highest BCUT2D eigenvalue weighted by molar-refractivity contribution is 9.10. The molecule has 0 spiro atoms. The Kier molecular flexibility index (Phi) is 5.45. The summed E-state index contributed by atoms with van der Waals surface area (Å²) < 4.78 is 0.959. The van der Waals surface area contributed by atoms with Crippen LogP contribution in [-0.2, 0) is 4.79 Å². The second-order valence-corrected chi connectivity index (χ2v) is 6.41. The maximum atomic E-state index is 11.9. The van der Waals surface area contributed by atoms with E-state index < -0.39 is 0 Å². The average Bonchev–Trinajstić information content (AvgIpc) is 2.93. The lowest BCUT2D eigenvalue weighted by molar-refractivity contribution is -0.127. The van der Waals surface area contributed by atoms with Crippen molar-refractivity contribution in [3.63, 3.8) is 0 Å². The van der Waals surface area contributed by atoms with Gasteiger partial charge in [-0.05, 0) is 25.0 Å². The molecule has 3 nitrogen and oxygen atoms in total. The van der Waals surface area contributed by atoms with Crippen molar-refractivity contribution >= 4 is 39.4 Å². The molecule has 1 heterocycles. The largest absolute Gasteiger partial charge is 0.342 e. The van der Waals surface area contributed by atoms with Crippen molar-refractivity contribution in [2.24, 2.45) is 0 Å². The van der Waals surface area contributed by atoms with Crippen LogP contribution in [0.15, 0.2) is 28.7 Å². The van der Waals surface area contributed by atoms with Crippen LogP contribution in [0.25, 0.3) is 0 Å². The van der Waals surface area contributed by atoms with Gasteiger partial charge in [0.15, 0.2) is 5.78 Å². The monoisotopic (exact) mass is 341 g/mol. The molecule has 0 N–H and O–H groups in total. The predicted molar refractivity (Wildman–Crippen MR) is 81.6 cm³/mol. The highest BCUT2D eigenvalue weighted by atomic mass is 79.9. The lowest BCUT2D eigenvalue weighted by Gasteiger charge is -2.14. The van der Waals surface area contributed by atoms with Crippen LogP contribution in [0.1, 0.15) is 23.2 Å². The number of Topliss-reactive ketones (excluding diaryl/α,β-unsaturated/α-hetero) is 1. The van der Waals surface area contributed by atoms with Crippen LogP contribution in [0.5, 0.6) is 0 Å². The molecule has 1 aliphatic heterocycles. The van der Waals surface area contributed by atoms with Crippen LogP contribution >= 0.6 is 27.7 Å². The van der Waals surface area contributed by atoms with E-state index in [0.717, 1.165) is 30.4 Å². The Morgan fingerprint density at radius 2 is 1.74 bits per heavy atom. The highest BCUT2D eigenvalue weighted by Gasteiger charge is 2.17. The lowest BCUT2D eigenvalue weighted by atomic mass is 10.2. The number of rotatable bonds is 5. The normalized spacial score (nSPS) is 14.7. The van der Waals surface area contributed by atoms with Crippen LogP contribution in [0.3, 0.4) is 0 Å². The van der Waals surface area contributed by atoms with Gasteiger partial charge in [-0.15, -0.1) is 11.8 Å². The first-order valence-electron chi connectivity index (χ1n) is 6.31. The van der Waals surface area contributed by atoms with Crippen LogP contribution in [0.2, 0.25) is 0 Å². The summed E-state index contributed by atoms with van der Waals surface area (Å²) in [7, 11) is 0. The minimum atomic E-state index is 0.0757. The van der Waals surface area contributed by atoms with Crippen LogP contribution < -0.4 is 0 Å². The molecule has 1 aliphatic rings. The van der Waals surface area contributed by atoms with Gasteiger partial charge in [0.25, 0.3) is 0 Å². The summed E-state index contributed by atoms with van der Waals surface area (Å²) in [4.78, 5) is 25.6. The second-order valence-electron chi connectivity index (χ2n) is 4.51. The van der Waals surface area contributed by atoms with Crippen LogP contribution in [-0.4, -0.2) is 41.2 Å². The van der Waals surface area contributed by atoms with Crippen LogP contribution in [0, 0.1) is 0 Å². The Labute approximate surface area is 125 Å². The predicted octanol–water partition coefficient (Wildman–Crippen LogP) is 2.99. The topological polar surface area (TPSA) is 37.4 Å². The molecule has 1 aromatic rings. The van der Waals surface area contributed by atoms with Gasteiger partial charge >= 0.3 is 0 Å². The summed E-state index contributed by atoms with van der Waals surface area (Å²) in [5.41, 5.74) is 0.698. The molecule has 0 atom stereocenters. The number of thioether (sulfide) groups is 1. The van der Waals surface area contributed by atoms with Gasteiger partial charge in [-0.1, -0.05) is 28.1 Å². The maximum absolute atomic E-state index is 11.9. The Morgan fingerprint density at radius 3 is 2.37 bits per heavy atom. The lowest BCUT2D eigenvalue weighted by Crippen LogP contribution is -2.29. The van der Waals surface area contributed by atoms with E-state index in [-0.39, 0.29) is 11.7 Å². The molecule has 1 fully saturated rings. The Hall–Kier alpha value is -0.810. The first kappa shape index (κ1) is 14.6. The molecule has 102 valence electrons. The first-order valence-corrected chi connectivity index (χ1v) is 8.26. The molecule has 1 saturated heterocycles. The Balaban J connectivity index is 1.74. The smallest absolute Gasteiger partial charge is 0.232 e. The zero-order chi connectivity index (χ0) is 13.7. The highest BCUT2D eigenvalue weighted by Crippen LogP contribution is 2.14. The Morgan fingerprint density at radius 1 is 1.11 bits per heavy atom. The summed E-state index contributed by atoms with van der Waals surface area (Å²) >= 11 is 4.74. The van der Waals surface area contributed by atoms with Crippen LogP contribution in [0.4, 0.5) is 0 Å². The first-order chi connectivity index (χ1) is 9.16. The molecule has 0 radical (unpaired) electrons. The fraction of sp³-hybridized carbons (Fsp3) is 0.429.